The van der Waals surface area contributed by atoms with Crippen LogP contribution in [-0.2, 0) is 6.42 Å². The zero-order chi connectivity index (χ0) is 22.0. The molecule has 0 saturated heterocycles. The molecule has 31 heavy (non-hydrogen) atoms. The summed E-state index contributed by atoms with van der Waals surface area (Å²) < 4.78 is 0. The number of fused-ring (bicyclic) bond motifs is 3. The second-order valence-electron chi connectivity index (χ2n) is 7.69. The molecule has 6 N–H and O–H groups in total. The smallest absolute Gasteiger partial charge is 0.161 e. The predicted octanol–water partition coefficient (Wildman–Crippen LogP) is 5.56. The fourth-order valence-electron chi connectivity index (χ4n) is 3.89. The standard InChI is InChI=1S/C15H13NO.C12H12N2/c1-9(17)11-6-7-13-12-5-3-2-4-10(12)8-14(13)15(11)16;13-11-5-1-9(2-6-11)10-3-7-12(14)8-4-10/h2-7H,8,16H2,1H3;1-8H,13-14H2. The van der Waals surface area contributed by atoms with E-state index >= 15 is 0 Å². The molecule has 4 heteroatoms. The van der Waals surface area contributed by atoms with Crippen LogP contribution in [0.3, 0.4) is 0 Å². The third-order valence-electron chi connectivity index (χ3n) is 5.57. The zero-order valence-corrected chi connectivity index (χ0v) is 17.4. The van der Waals surface area contributed by atoms with Crippen molar-refractivity contribution in [3.63, 3.8) is 0 Å². The Bertz CT molecular complexity index is 1200. The van der Waals surface area contributed by atoms with Crippen LogP contribution in [0.15, 0.2) is 84.9 Å². The monoisotopic (exact) mass is 407 g/mol. The second kappa shape index (κ2) is 8.36. The number of nitrogen functional groups attached to an aromatic ring is 3. The lowest BCUT2D eigenvalue weighted by atomic mass is 9.99. The van der Waals surface area contributed by atoms with Gasteiger partial charge in [-0.05, 0) is 70.6 Å². The lowest BCUT2D eigenvalue weighted by Gasteiger charge is -2.08. The van der Waals surface area contributed by atoms with Crippen LogP contribution in [0, 0.1) is 0 Å². The number of nitrogens with two attached hydrogens (primary N) is 3. The molecule has 0 aliphatic heterocycles. The van der Waals surface area contributed by atoms with Gasteiger partial charge < -0.3 is 17.2 Å². The van der Waals surface area contributed by atoms with Gasteiger partial charge in [0.15, 0.2) is 5.78 Å². The molecule has 0 atom stereocenters. The van der Waals surface area contributed by atoms with Crippen molar-refractivity contribution in [2.75, 3.05) is 17.2 Å². The van der Waals surface area contributed by atoms with Crippen molar-refractivity contribution >= 4 is 22.8 Å². The minimum atomic E-state index is 0.0289. The summed E-state index contributed by atoms with van der Waals surface area (Å²) in [7, 11) is 0. The lowest BCUT2D eigenvalue weighted by molar-refractivity contribution is 0.101. The van der Waals surface area contributed by atoms with E-state index in [0.717, 1.165) is 34.5 Å². The van der Waals surface area contributed by atoms with Gasteiger partial charge in [0.05, 0.1) is 0 Å². The second-order valence-corrected chi connectivity index (χ2v) is 7.69. The third kappa shape index (κ3) is 4.14. The first-order valence-electron chi connectivity index (χ1n) is 10.2. The molecule has 154 valence electrons. The van der Waals surface area contributed by atoms with Crippen LogP contribution in [0.4, 0.5) is 17.1 Å². The Hall–Kier alpha value is -4.05. The first kappa shape index (κ1) is 20.2. The van der Waals surface area contributed by atoms with Crippen molar-refractivity contribution in [1.82, 2.24) is 0 Å². The molecule has 0 unspecified atom stereocenters. The number of carbonyl (C=O) groups is 1. The number of ketones is 1. The maximum Gasteiger partial charge on any atom is 0.161 e. The van der Waals surface area contributed by atoms with E-state index in [4.69, 9.17) is 17.2 Å². The van der Waals surface area contributed by atoms with Crippen LogP contribution in [0.1, 0.15) is 28.4 Å². The highest BCUT2D eigenvalue weighted by Gasteiger charge is 2.22. The summed E-state index contributed by atoms with van der Waals surface area (Å²) >= 11 is 0. The van der Waals surface area contributed by atoms with Gasteiger partial charge in [0.25, 0.3) is 0 Å². The Morgan fingerprint density at radius 3 is 1.77 bits per heavy atom. The summed E-state index contributed by atoms with van der Waals surface area (Å²) in [6.45, 7) is 1.56. The number of hydrogen-bond donors (Lipinski definition) is 3. The fraction of sp³-hybridized carbons (Fsp3) is 0.0741. The van der Waals surface area contributed by atoms with E-state index in [2.05, 4.69) is 12.1 Å². The Labute approximate surface area is 182 Å². The third-order valence-corrected chi connectivity index (χ3v) is 5.57. The van der Waals surface area contributed by atoms with Gasteiger partial charge >= 0.3 is 0 Å². The van der Waals surface area contributed by atoms with E-state index < -0.39 is 0 Å². The number of rotatable bonds is 2. The van der Waals surface area contributed by atoms with Gasteiger partial charge in [0.2, 0.25) is 0 Å². The van der Waals surface area contributed by atoms with E-state index in [1.54, 1.807) is 6.92 Å². The fourth-order valence-corrected chi connectivity index (χ4v) is 3.89. The summed E-state index contributed by atoms with van der Waals surface area (Å²) in [4.78, 5) is 11.5. The van der Waals surface area contributed by atoms with E-state index in [-0.39, 0.29) is 5.78 Å². The Balaban J connectivity index is 0.000000152. The number of anilines is 3. The van der Waals surface area contributed by atoms with E-state index in [1.807, 2.05) is 72.8 Å². The minimum Gasteiger partial charge on any atom is -0.399 e. The molecule has 0 bridgehead atoms. The molecule has 4 aromatic rings. The van der Waals surface area contributed by atoms with Gasteiger partial charge in [-0.1, -0.05) is 54.6 Å². The van der Waals surface area contributed by atoms with E-state index in [9.17, 15) is 4.79 Å². The molecule has 0 aromatic heterocycles. The molecule has 0 heterocycles. The van der Waals surface area contributed by atoms with Gasteiger partial charge in [0, 0.05) is 29.0 Å². The molecule has 0 fully saturated rings. The van der Waals surface area contributed by atoms with E-state index in [0.29, 0.717) is 11.3 Å². The summed E-state index contributed by atoms with van der Waals surface area (Å²) in [6, 6.07) is 27.7. The van der Waals surface area contributed by atoms with Gasteiger partial charge in [0.1, 0.15) is 0 Å². The Kier molecular flexibility index (Phi) is 5.46. The number of Topliss-reactive ketones (excluding diaryl/α,β-unsaturated/α-hetero) is 1. The average Bonchev–Trinajstić information content (AvgIpc) is 3.15. The molecule has 5 rings (SSSR count). The quantitative estimate of drug-likeness (QED) is 0.264. The molecule has 4 aromatic carbocycles. The zero-order valence-electron chi connectivity index (χ0n) is 17.4. The summed E-state index contributed by atoms with van der Waals surface area (Å²) in [5.41, 5.74) is 27.3. The lowest BCUT2D eigenvalue weighted by Crippen LogP contribution is -2.03. The van der Waals surface area contributed by atoms with Crippen molar-refractivity contribution in [3.8, 4) is 22.3 Å². The van der Waals surface area contributed by atoms with Crippen LogP contribution in [0.25, 0.3) is 22.3 Å². The highest BCUT2D eigenvalue weighted by molar-refractivity contribution is 6.01. The van der Waals surface area contributed by atoms with Gasteiger partial charge in [-0.2, -0.15) is 0 Å². The maximum atomic E-state index is 11.5. The number of carbonyl (C=O) groups excluding carboxylic acids is 1. The summed E-state index contributed by atoms with van der Waals surface area (Å²) in [5, 5.41) is 0. The van der Waals surface area contributed by atoms with Crippen LogP contribution in [-0.4, -0.2) is 5.78 Å². The first-order valence-corrected chi connectivity index (χ1v) is 10.2. The van der Waals surface area contributed by atoms with Crippen LogP contribution in [0.5, 0.6) is 0 Å². The molecule has 0 amide bonds. The molecule has 1 aliphatic carbocycles. The molecular formula is C27H25N3O. The Morgan fingerprint density at radius 2 is 1.23 bits per heavy atom. The van der Waals surface area contributed by atoms with Gasteiger partial charge in [-0.3, -0.25) is 4.79 Å². The van der Waals surface area contributed by atoms with Crippen molar-refractivity contribution in [2.45, 2.75) is 13.3 Å². The maximum absolute atomic E-state index is 11.5. The minimum absolute atomic E-state index is 0.0289. The summed E-state index contributed by atoms with van der Waals surface area (Å²) in [5.74, 6) is 0.0289. The largest absolute Gasteiger partial charge is 0.399 e. The molecule has 0 saturated carbocycles. The highest BCUT2D eigenvalue weighted by atomic mass is 16.1. The highest BCUT2D eigenvalue weighted by Crippen LogP contribution is 2.40. The predicted molar refractivity (Wildman–Crippen MR) is 130 cm³/mol. The SMILES string of the molecule is CC(=O)c1ccc2c(c1N)Cc1ccccc1-2.Nc1ccc(-c2ccc(N)cc2)cc1. The Morgan fingerprint density at radius 1 is 0.677 bits per heavy atom. The molecule has 4 nitrogen and oxygen atoms in total. The van der Waals surface area contributed by atoms with Crippen LogP contribution < -0.4 is 17.2 Å². The summed E-state index contributed by atoms with van der Waals surface area (Å²) in [6.07, 6.45) is 0.832. The van der Waals surface area contributed by atoms with E-state index in [1.165, 1.54) is 16.7 Å². The van der Waals surface area contributed by atoms with Gasteiger partial charge in [-0.25, -0.2) is 0 Å². The first-order chi connectivity index (χ1) is 14.9. The van der Waals surface area contributed by atoms with Crippen LogP contribution in [0.2, 0.25) is 0 Å². The molecule has 1 aliphatic rings. The van der Waals surface area contributed by atoms with Crippen molar-refractivity contribution in [3.05, 3.63) is 102 Å². The van der Waals surface area contributed by atoms with Crippen LogP contribution >= 0.6 is 0 Å². The number of hydrogen-bond acceptors (Lipinski definition) is 4. The van der Waals surface area contributed by atoms with Crippen molar-refractivity contribution < 1.29 is 4.79 Å². The average molecular weight is 408 g/mol. The molecule has 0 spiro atoms. The topological polar surface area (TPSA) is 95.1 Å². The van der Waals surface area contributed by atoms with Gasteiger partial charge in [-0.15, -0.1) is 0 Å². The molecular weight excluding hydrogens is 382 g/mol. The van der Waals surface area contributed by atoms with Crippen molar-refractivity contribution in [2.24, 2.45) is 0 Å². The number of benzene rings is 4. The normalized spacial score (nSPS) is 11.1. The molecule has 0 radical (unpaired) electrons. The van der Waals surface area contributed by atoms with Crippen molar-refractivity contribution in [1.29, 1.82) is 0 Å².